The molecule has 8 heteroatoms. The van der Waals surface area contributed by atoms with E-state index in [1.807, 2.05) is 0 Å². The Kier molecular flexibility index (Phi) is 4.68. The van der Waals surface area contributed by atoms with Gasteiger partial charge in [0.2, 0.25) is 5.12 Å². The molecule has 0 aromatic heterocycles. The standard InChI is InChI=1S/C8H14O7S/c9-1-2-3(10)4(11)5(12)7(15-2)6(13)8(14)16/h2-7,9-13H,1H2,(H,14,16)/t2-,3+,4+,5-,6?,7?/m1/s1. The lowest BCUT2D eigenvalue weighted by atomic mass is 9.93. The minimum absolute atomic E-state index is 0.616. The summed E-state index contributed by atoms with van der Waals surface area (Å²) in [4.78, 5) is 10.8. The maximum Gasteiger partial charge on any atom is 0.217 e. The van der Waals surface area contributed by atoms with Crippen molar-refractivity contribution in [2.75, 3.05) is 6.61 Å². The number of carbonyl (C=O) groups is 1. The normalized spacial score (nSPS) is 41.8. The topological polar surface area (TPSA) is 127 Å². The van der Waals surface area contributed by atoms with E-state index in [9.17, 15) is 25.2 Å². The lowest BCUT2D eigenvalue weighted by Gasteiger charge is -2.41. The fourth-order valence-electron chi connectivity index (χ4n) is 1.53. The van der Waals surface area contributed by atoms with E-state index < -0.39 is 48.3 Å². The second kappa shape index (κ2) is 5.41. The van der Waals surface area contributed by atoms with Crippen molar-refractivity contribution in [3.05, 3.63) is 0 Å². The Bertz CT molecular complexity index is 259. The number of aliphatic hydroxyl groups is 5. The van der Waals surface area contributed by atoms with Gasteiger partial charge in [-0.05, 0) is 0 Å². The summed E-state index contributed by atoms with van der Waals surface area (Å²) in [5.74, 6) is 0. The molecule has 1 aliphatic rings. The van der Waals surface area contributed by atoms with Crippen LogP contribution >= 0.6 is 12.6 Å². The van der Waals surface area contributed by atoms with Gasteiger partial charge in [-0.1, -0.05) is 0 Å². The molecule has 7 nitrogen and oxygen atoms in total. The fourth-order valence-corrected chi connectivity index (χ4v) is 1.68. The number of hydrogen-bond donors (Lipinski definition) is 6. The molecular formula is C8H14O7S. The fraction of sp³-hybridized carbons (Fsp3) is 0.875. The summed E-state index contributed by atoms with van der Waals surface area (Å²) in [5.41, 5.74) is 0. The third-order valence-electron chi connectivity index (χ3n) is 2.49. The molecule has 0 amide bonds. The molecular weight excluding hydrogens is 240 g/mol. The second-order valence-electron chi connectivity index (χ2n) is 3.58. The summed E-state index contributed by atoms with van der Waals surface area (Å²) in [6.07, 6.45) is -9.08. The number of hydrogen-bond acceptors (Lipinski definition) is 7. The van der Waals surface area contributed by atoms with Crippen molar-refractivity contribution in [3.8, 4) is 0 Å². The Morgan fingerprint density at radius 3 is 2.25 bits per heavy atom. The summed E-state index contributed by atoms with van der Waals surface area (Å²) in [6.45, 7) is -0.616. The molecule has 0 aliphatic carbocycles. The highest BCUT2D eigenvalue weighted by Crippen LogP contribution is 2.23. The van der Waals surface area contributed by atoms with E-state index in [1.165, 1.54) is 0 Å². The van der Waals surface area contributed by atoms with E-state index in [0.29, 0.717) is 0 Å². The van der Waals surface area contributed by atoms with Crippen molar-refractivity contribution < 1.29 is 35.1 Å². The molecule has 0 aromatic carbocycles. The van der Waals surface area contributed by atoms with Gasteiger partial charge in [-0.3, -0.25) is 4.79 Å². The number of aliphatic hydroxyl groups excluding tert-OH is 5. The molecule has 1 saturated heterocycles. The minimum atomic E-state index is -1.74. The van der Waals surface area contributed by atoms with E-state index >= 15 is 0 Å². The van der Waals surface area contributed by atoms with E-state index in [2.05, 4.69) is 12.6 Å². The monoisotopic (exact) mass is 254 g/mol. The quantitative estimate of drug-likeness (QED) is 0.290. The molecule has 16 heavy (non-hydrogen) atoms. The van der Waals surface area contributed by atoms with Gasteiger partial charge >= 0.3 is 0 Å². The first-order valence-electron chi connectivity index (χ1n) is 4.61. The number of rotatable bonds is 3. The van der Waals surface area contributed by atoms with Gasteiger partial charge in [0.1, 0.15) is 30.5 Å². The Balaban J connectivity index is 2.82. The van der Waals surface area contributed by atoms with Gasteiger partial charge in [0.25, 0.3) is 0 Å². The number of thiol groups is 1. The van der Waals surface area contributed by atoms with E-state index in [4.69, 9.17) is 9.84 Å². The van der Waals surface area contributed by atoms with Gasteiger partial charge < -0.3 is 30.3 Å². The van der Waals surface area contributed by atoms with E-state index in [-0.39, 0.29) is 0 Å². The Morgan fingerprint density at radius 2 is 1.81 bits per heavy atom. The molecule has 0 aromatic rings. The predicted molar refractivity (Wildman–Crippen MR) is 53.8 cm³/mol. The average Bonchev–Trinajstić information content (AvgIpc) is 2.25. The van der Waals surface area contributed by atoms with Crippen LogP contribution in [0.1, 0.15) is 0 Å². The van der Waals surface area contributed by atoms with Gasteiger partial charge in [0, 0.05) is 0 Å². The summed E-state index contributed by atoms with van der Waals surface area (Å²) >= 11 is 3.37. The molecule has 5 N–H and O–H groups in total. The molecule has 6 atom stereocenters. The maximum atomic E-state index is 10.8. The van der Waals surface area contributed by atoms with Crippen LogP contribution in [0.4, 0.5) is 0 Å². The molecule has 1 heterocycles. The summed E-state index contributed by atoms with van der Waals surface area (Å²) in [6, 6.07) is 0. The maximum absolute atomic E-state index is 10.8. The highest BCUT2D eigenvalue weighted by Gasteiger charge is 2.47. The second-order valence-corrected chi connectivity index (χ2v) is 4.02. The molecule has 2 unspecified atom stereocenters. The third kappa shape index (κ3) is 2.54. The van der Waals surface area contributed by atoms with Crippen LogP contribution in [0.3, 0.4) is 0 Å². The van der Waals surface area contributed by atoms with Crippen LogP contribution in [0.15, 0.2) is 0 Å². The zero-order valence-electron chi connectivity index (χ0n) is 8.17. The molecule has 0 bridgehead atoms. The van der Waals surface area contributed by atoms with Crippen LogP contribution in [-0.2, 0) is 9.53 Å². The molecule has 1 aliphatic heterocycles. The zero-order chi connectivity index (χ0) is 12.5. The van der Waals surface area contributed by atoms with Crippen molar-refractivity contribution in [1.29, 1.82) is 0 Å². The molecule has 0 spiro atoms. The number of carbonyl (C=O) groups excluding carboxylic acids is 1. The summed E-state index contributed by atoms with van der Waals surface area (Å²) in [5, 5.41) is 45.5. The Morgan fingerprint density at radius 1 is 1.25 bits per heavy atom. The van der Waals surface area contributed by atoms with Crippen LogP contribution in [0.25, 0.3) is 0 Å². The van der Waals surface area contributed by atoms with Crippen molar-refractivity contribution in [1.82, 2.24) is 0 Å². The number of ether oxygens (including phenoxy) is 1. The van der Waals surface area contributed by atoms with Gasteiger partial charge in [0.05, 0.1) is 6.61 Å². The highest BCUT2D eigenvalue weighted by atomic mass is 32.1. The van der Waals surface area contributed by atoms with E-state index in [0.717, 1.165) is 0 Å². The first-order valence-corrected chi connectivity index (χ1v) is 5.06. The van der Waals surface area contributed by atoms with Crippen molar-refractivity contribution >= 4 is 17.7 Å². The van der Waals surface area contributed by atoms with Crippen LogP contribution in [0.5, 0.6) is 0 Å². The molecule has 0 saturated carbocycles. The average molecular weight is 254 g/mol. The molecule has 94 valence electrons. The highest BCUT2D eigenvalue weighted by molar-refractivity contribution is 7.96. The van der Waals surface area contributed by atoms with Gasteiger partial charge in [0.15, 0.2) is 6.10 Å². The predicted octanol–water partition coefficient (Wildman–Crippen LogP) is -3.35. The zero-order valence-corrected chi connectivity index (χ0v) is 9.07. The van der Waals surface area contributed by atoms with Gasteiger partial charge in [-0.25, -0.2) is 0 Å². The lowest BCUT2D eigenvalue weighted by molar-refractivity contribution is -0.245. The van der Waals surface area contributed by atoms with E-state index in [1.54, 1.807) is 0 Å². The third-order valence-corrected chi connectivity index (χ3v) is 2.76. The minimum Gasteiger partial charge on any atom is -0.394 e. The van der Waals surface area contributed by atoms with Crippen molar-refractivity contribution in [2.24, 2.45) is 0 Å². The van der Waals surface area contributed by atoms with Gasteiger partial charge in [-0.2, -0.15) is 0 Å². The van der Waals surface area contributed by atoms with Crippen LogP contribution in [0, 0.1) is 0 Å². The lowest BCUT2D eigenvalue weighted by Crippen LogP contribution is -2.62. The SMILES string of the molecule is O=C(S)C(O)C1O[C@H](CO)[C@H](O)[C@H](O)[C@H]1O. The van der Waals surface area contributed by atoms with Gasteiger partial charge in [-0.15, -0.1) is 12.6 Å². The largest absolute Gasteiger partial charge is 0.394 e. The summed E-state index contributed by atoms with van der Waals surface area (Å²) in [7, 11) is 0. The van der Waals surface area contributed by atoms with Crippen LogP contribution in [-0.4, -0.2) is 73.9 Å². The van der Waals surface area contributed by atoms with Crippen molar-refractivity contribution in [2.45, 2.75) is 36.6 Å². The first-order chi connectivity index (χ1) is 7.40. The molecule has 1 rings (SSSR count). The molecule has 0 radical (unpaired) electrons. The Labute approximate surface area is 96.7 Å². The first kappa shape index (κ1) is 13.8. The molecule has 1 fully saturated rings. The van der Waals surface area contributed by atoms with Crippen LogP contribution in [0.2, 0.25) is 0 Å². The van der Waals surface area contributed by atoms with Crippen LogP contribution < -0.4 is 0 Å². The smallest absolute Gasteiger partial charge is 0.217 e. The van der Waals surface area contributed by atoms with Crippen molar-refractivity contribution in [3.63, 3.8) is 0 Å². The Hall–Kier alpha value is -0.220. The summed E-state index contributed by atoms with van der Waals surface area (Å²) < 4.78 is 4.92.